The molecule has 0 aliphatic rings. The minimum Gasteiger partial charge on any atom is -0.504 e. The molecule has 6 aromatic carbocycles. The lowest BCUT2D eigenvalue weighted by Crippen LogP contribution is -2.01. The van der Waals surface area contributed by atoms with Crippen LogP contribution in [0.5, 0.6) is 34.5 Å². The summed E-state index contributed by atoms with van der Waals surface area (Å²) in [4.78, 5) is 7.89. The Labute approximate surface area is 396 Å². The summed E-state index contributed by atoms with van der Waals surface area (Å²) in [6, 6.07) is 51.2. The molecule has 0 radical (unpaired) electrons. The topological polar surface area (TPSA) is 140 Å². The molecule has 2 heterocycles. The van der Waals surface area contributed by atoms with Gasteiger partial charge in [0.15, 0.2) is 23.0 Å². The van der Waals surface area contributed by atoms with E-state index in [0.717, 1.165) is 22.3 Å². The van der Waals surface area contributed by atoms with Gasteiger partial charge in [0.05, 0.1) is 25.3 Å². The molecule has 1 N–H and O–H groups in total. The van der Waals surface area contributed by atoms with Crippen LogP contribution in [-0.4, -0.2) is 29.3 Å². The molecular weight excluding hydrogens is 860 g/mol. The predicted octanol–water partition coefficient (Wildman–Crippen LogP) is 12.7. The summed E-state index contributed by atoms with van der Waals surface area (Å²) in [5, 5.41) is 27.3. The van der Waals surface area contributed by atoms with Crippen LogP contribution in [0.3, 0.4) is 0 Å². The molecule has 0 spiro atoms. The van der Waals surface area contributed by atoms with Crippen molar-refractivity contribution in [3.05, 3.63) is 215 Å². The predicted molar refractivity (Wildman–Crippen MR) is 261 cm³/mol. The fourth-order valence-corrected chi connectivity index (χ4v) is 7.04. The van der Waals surface area contributed by atoms with Gasteiger partial charge in [-0.1, -0.05) is 97.1 Å². The van der Waals surface area contributed by atoms with Gasteiger partial charge in [0.2, 0.25) is 0 Å². The number of methoxy groups -OCH3 is 2. The quantitative estimate of drug-likeness (QED) is 0.105. The average Bonchev–Trinajstić information content (AvgIpc) is 3.38. The Bertz CT molecular complexity index is 2950. The molecule has 67 heavy (non-hydrogen) atoms. The second kappa shape index (κ2) is 24.7. The molecule has 0 saturated carbocycles. The van der Waals surface area contributed by atoms with E-state index in [1.54, 1.807) is 49.8 Å². The first-order chi connectivity index (χ1) is 32.7. The van der Waals surface area contributed by atoms with Crippen LogP contribution in [0, 0.1) is 36.5 Å². The van der Waals surface area contributed by atoms with Crippen molar-refractivity contribution in [2.75, 3.05) is 14.2 Å². The van der Waals surface area contributed by atoms with Crippen LogP contribution in [0.15, 0.2) is 170 Å². The summed E-state index contributed by atoms with van der Waals surface area (Å²) in [7, 11) is 3.12. The van der Waals surface area contributed by atoms with Crippen LogP contribution in [0.25, 0.3) is 22.3 Å². The molecule has 0 aliphatic carbocycles. The number of benzene rings is 6. The monoisotopic (exact) mass is 908 g/mol. The van der Waals surface area contributed by atoms with Gasteiger partial charge >= 0.3 is 0 Å². The van der Waals surface area contributed by atoms with Crippen molar-refractivity contribution in [2.24, 2.45) is 0 Å². The molecule has 0 bridgehead atoms. The van der Waals surface area contributed by atoms with Crippen LogP contribution in [0.1, 0.15) is 44.5 Å². The SMILES string of the molecule is COc1ccc(OCc2cccc(-c3ccccc3)c2C)cc1O.COc1ccc(OCc2cccc(-c3ccccc3)c2C)cc1OCc1cncc(C#N)c1.N#Cc1cncc(CCl)c1. The number of aromatic nitrogens is 2. The fourth-order valence-electron chi connectivity index (χ4n) is 6.89. The number of phenols is 1. The third kappa shape index (κ3) is 13.6. The maximum atomic E-state index is 9.83. The van der Waals surface area contributed by atoms with E-state index in [0.29, 0.717) is 59.0 Å². The summed E-state index contributed by atoms with van der Waals surface area (Å²) in [6.07, 6.45) is 6.35. The Morgan fingerprint density at radius 3 is 1.49 bits per heavy atom. The summed E-state index contributed by atoms with van der Waals surface area (Å²) in [6.45, 7) is 5.37. The summed E-state index contributed by atoms with van der Waals surface area (Å²) < 4.78 is 28.4. The van der Waals surface area contributed by atoms with Crippen molar-refractivity contribution in [3.8, 4) is 68.9 Å². The fraction of sp³-hybridized carbons (Fsp3) is 0.143. The molecular formula is C56H49ClN4O6. The van der Waals surface area contributed by atoms with E-state index in [1.165, 1.54) is 52.9 Å². The van der Waals surface area contributed by atoms with Gasteiger partial charge in [0.25, 0.3) is 0 Å². The molecule has 10 nitrogen and oxygen atoms in total. The molecule has 0 saturated heterocycles. The lowest BCUT2D eigenvalue weighted by atomic mass is 9.97. The maximum Gasteiger partial charge on any atom is 0.165 e. The van der Waals surface area contributed by atoms with E-state index < -0.39 is 0 Å². The molecule has 8 rings (SSSR count). The van der Waals surface area contributed by atoms with E-state index in [9.17, 15) is 5.11 Å². The van der Waals surface area contributed by atoms with E-state index >= 15 is 0 Å². The van der Waals surface area contributed by atoms with E-state index in [4.69, 9.17) is 45.8 Å². The van der Waals surface area contributed by atoms with E-state index in [1.807, 2.05) is 66.7 Å². The van der Waals surface area contributed by atoms with Crippen molar-refractivity contribution in [3.63, 3.8) is 0 Å². The molecule has 0 aliphatic heterocycles. The average molecular weight is 909 g/mol. The van der Waals surface area contributed by atoms with Gasteiger partial charge in [-0.15, -0.1) is 11.6 Å². The number of aromatic hydroxyl groups is 1. The molecule has 0 unspecified atom stereocenters. The van der Waals surface area contributed by atoms with Crippen molar-refractivity contribution < 1.29 is 28.8 Å². The third-order valence-electron chi connectivity index (χ3n) is 10.5. The van der Waals surface area contributed by atoms with Crippen LogP contribution in [-0.2, 0) is 25.7 Å². The lowest BCUT2D eigenvalue weighted by molar-refractivity contribution is 0.274. The zero-order chi connectivity index (χ0) is 47.4. The van der Waals surface area contributed by atoms with E-state index in [-0.39, 0.29) is 12.4 Å². The number of nitrogens with zero attached hydrogens (tertiary/aromatic N) is 4. The van der Waals surface area contributed by atoms with Crippen molar-refractivity contribution >= 4 is 11.6 Å². The number of hydrogen-bond acceptors (Lipinski definition) is 10. The second-order valence-corrected chi connectivity index (χ2v) is 15.2. The van der Waals surface area contributed by atoms with Gasteiger partial charge in [-0.3, -0.25) is 9.97 Å². The normalized spacial score (nSPS) is 10.1. The minimum atomic E-state index is 0.0739. The molecule has 0 amide bonds. The summed E-state index contributed by atoms with van der Waals surface area (Å²) in [5.41, 5.74) is 12.1. The van der Waals surface area contributed by atoms with E-state index in [2.05, 4.69) is 84.5 Å². The second-order valence-electron chi connectivity index (χ2n) is 14.9. The zero-order valence-corrected chi connectivity index (χ0v) is 38.4. The largest absolute Gasteiger partial charge is 0.504 e. The van der Waals surface area contributed by atoms with Gasteiger partial charge < -0.3 is 28.8 Å². The van der Waals surface area contributed by atoms with Crippen LogP contribution in [0.4, 0.5) is 0 Å². The zero-order valence-electron chi connectivity index (χ0n) is 37.6. The van der Waals surface area contributed by atoms with Gasteiger partial charge in [-0.05, 0) is 100 Å². The van der Waals surface area contributed by atoms with Crippen LogP contribution >= 0.6 is 11.6 Å². The molecule has 0 fully saturated rings. The first kappa shape index (κ1) is 48.2. The first-order valence-electron chi connectivity index (χ1n) is 21.2. The van der Waals surface area contributed by atoms with Crippen LogP contribution in [0.2, 0.25) is 0 Å². The number of hydrogen-bond donors (Lipinski definition) is 1. The number of pyridine rings is 2. The highest BCUT2D eigenvalue weighted by Crippen LogP contribution is 2.34. The Hall–Kier alpha value is -8.31. The van der Waals surface area contributed by atoms with Crippen molar-refractivity contribution in [1.29, 1.82) is 10.5 Å². The Morgan fingerprint density at radius 2 is 1.00 bits per heavy atom. The highest BCUT2D eigenvalue weighted by Gasteiger charge is 2.12. The van der Waals surface area contributed by atoms with Crippen molar-refractivity contribution in [2.45, 2.75) is 39.5 Å². The molecule has 336 valence electrons. The number of alkyl halides is 1. The highest BCUT2D eigenvalue weighted by atomic mass is 35.5. The summed E-state index contributed by atoms with van der Waals surface area (Å²) in [5.74, 6) is 3.37. The number of halogens is 1. The van der Waals surface area contributed by atoms with Crippen LogP contribution < -0.4 is 23.7 Å². The highest BCUT2D eigenvalue weighted by molar-refractivity contribution is 6.17. The number of rotatable bonds is 14. The number of ether oxygens (including phenoxy) is 5. The Balaban J connectivity index is 0.000000189. The Kier molecular flexibility index (Phi) is 17.7. The first-order valence-corrected chi connectivity index (χ1v) is 21.7. The molecule has 8 aromatic rings. The van der Waals surface area contributed by atoms with Gasteiger partial charge in [0, 0.05) is 48.4 Å². The molecule has 11 heteroatoms. The minimum absolute atomic E-state index is 0.0739. The summed E-state index contributed by atoms with van der Waals surface area (Å²) >= 11 is 5.51. The van der Waals surface area contributed by atoms with Gasteiger partial charge in [-0.2, -0.15) is 10.5 Å². The smallest absolute Gasteiger partial charge is 0.165 e. The standard InChI is InChI=1S/C28H24N2O3.C21H20O3.C7H5ClN2/c1-20-24(9-6-10-26(20)23-7-4-3-5-8-23)19-32-25-11-12-27(31-2)28(14-25)33-18-22-13-21(15-29)16-30-17-22;1-15-17(9-6-10-19(15)16-7-4-3-5-8-16)14-24-18-11-12-21(23-2)20(22)13-18;8-2-6-1-7(3-9)5-10-4-6/h3-14,16-17H,18-19H2,1-2H3;3-13,22H,14H2,1-2H3;1,4-5H,2H2. The maximum absolute atomic E-state index is 9.83. The van der Waals surface area contributed by atoms with Gasteiger partial charge in [-0.25, -0.2) is 0 Å². The Morgan fingerprint density at radius 1 is 0.507 bits per heavy atom. The van der Waals surface area contributed by atoms with Crippen molar-refractivity contribution in [1.82, 2.24) is 9.97 Å². The van der Waals surface area contributed by atoms with Gasteiger partial charge in [0.1, 0.15) is 43.5 Å². The molecule has 0 atom stereocenters. The lowest BCUT2D eigenvalue weighted by Gasteiger charge is -2.15. The third-order valence-corrected chi connectivity index (χ3v) is 10.8. The number of phenolic OH excluding ortho intramolecular Hbond substituents is 1. The number of nitriles is 2. The molecule has 2 aromatic heterocycles.